The second-order valence-corrected chi connectivity index (χ2v) is 7.97. The molecule has 164 valence electrons. The van der Waals surface area contributed by atoms with E-state index in [0.717, 1.165) is 20.8 Å². The van der Waals surface area contributed by atoms with Crippen LogP contribution in [0.1, 0.15) is 15.9 Å². The van der Waals surface area contributed by atoms with Crippen LogP contribution in [0.2, 0.25) is 0 Å². The van der Waals surface area contributed by atoms with Crippen molar-refractivity contribution in [1.29, 1.82) is 0 Å². The van der Waals surface area contributed by atoms with Gasteiger partial charge >= 0.3 is 5.97 Å². The van der Waals surface area contributed by atoms with E-state index in [1.807, 2.05) is 42.5 Å². The number of benzene rings is 4. The zero-order chi connectivity index (χ0) is 23.0. The Morgan fingerprint density at radius 3 is 2.30 bits per heavy atom. The molecule has 0 bridgehead atoms. The summed E-state index contributed by atoms with van der Waals surface area (Å²) in [5.41, 5.74) is 3.61. The molecule has 0 aliphatic carbocycles. The zero-order valence-electron chi connectivity index (χ0n) is 17.4. The summed E-state index contributed by atoms with van der Waals surface area (Å²) in [6.45, 7) is -0.152. The molecule has 7 heteroatoms. The number of carbonyl (C=O) groups excluding carboxylic acids is 2. The van der Waals surface area contributed by atoms with E-state index in [9.17, 15) is 9.59 Å². The molecular formula is C26H19BrN2O4. The van der Waals surface area contributed by atoms with Gasteiger partial charge in [-0.15, -0.1) is 0 Å². The lowest BCUT2D eigenvalue weighted by molar-refractivity contribution is -0.123. The van der Waals surface area contributed by atoms with Crippen LogP contribution in [0.5, 0.6) is 11.5 Å². The van der Waals surface area contributed by atoms with Crippen molar-refractivity contribution < 1.29 is 19.1 Å². The van der Waals surface area contributed by atoms with Crippen molar-refractivity contribution in [3.8, 4) is 11.5 Å². The number of esters is 1. The van der Waals surface area contributed by atoms with Gasteiger partial charge in [-0.3, -0.25) is 4.79 Å². The van der Waals surface area contributed by atoms with Gasteiger partial charge < -0.3 is 9.47 Å². The minimum atomic E-state index is -0.442. The van der Waals surface area contributed by atoms with Crippen molar-refractivity contribution in [2.45, 2.75) is 0 Å². The smallest absolute Gasteiger partial charge is 0.343 e. The molecule has 1 N–H and O–H groups in total. The summed E-state index contributed by atoms with van der Waals surface area (Å²) in [6.07, 6.45) is 1.49. The molecule has 0 spiro atoms. The fourth-order valence-corrected chi connectivity index (χ4v) is 3.26. The van der Waals surface area contributed by atoms with Gasteiger partial charge in [0.2, 0.25) is 0 Å². The second-order valence-electron chi connectivity index (χ2n) is 7.06. The van der Waals surface area contributed by atoms with Gasteiger partial charge in [-0.25, -0.2) is 10.2 Å². The van der Waals surface area contributed by atoms with Gasteiger partial charge in [0.25, 0.3) is 5.91 Å². The highest BCUT2D eigenvalue weighted by Crippen LogP contribution is 2.20. The Labute approximate surface area is 199 Å². The third kappa shape index (κ3) is 6.27. The van der Waals surface area contributed by atoms with Crippen molar-refractivity contribution >= 4 is 44.8 Å². The van der Waals surface area contributed by atoms with Crippen LogP contribution in [0, 0.1) is 0 Å². The van der Waals surface area contributed by atoms with Gasteiger partial charge in [-0.2, -0.15) is 5.10 Å². The molecular weight excluding hydrogens is 484 g/mol. The van der Waals surface area contributed by atoms with Crippen molar-refractivity contribution in [3.05, 3.63) is 107 Å². The molecule has 0 aliphatic rings. The fourth-order valence-electron chi connectivity index (χ4n) is 2.99. The van der Waals surface area contributed by atoms with Crippen LogP contribution in [0.25, 0.3) is 10.8 Å². The first-order chi connectivity index (χ1) is 16.1. The Morgan fingerprint density at radius 2 is 1.55 bits per heavy atom. The maximum atomic E-state index is 12.2. The first kappa shape index (κ1) is 22.2. The van der Waals surface area contributed by atoms with E-state index in [4.69, 9.17) is 9.47 Å². The third-order valence-corrected chi connectivity index (χ3v) is 5.19. The number of fused-ring (bicyclic) bond motifs is 1. The summed E-state index contributed by atoms with van der Waals surface area (Å²) in [5, 5.41) is 6.08. The number of hydrogen-bond donors (Lipinski definition) is 1. The predicted octanol–water partition coefficient (Wildman–Crippen LogP) is 5.35. The Bertz CT molecular complexity index is 1300. The normalized spacial score (nSPS) is 10.8. The first-order valence-corrected chi connectivity index (χ1v) is 10.9. The zero-order valence-corrected chi connectivity index (χ0v) is 19.0. The van der Waals surface area contributed by atoms with Crippen LogP contribution in [0.3, 0.4) is 0 Å². The SMILES string of the molecule is O=C(COc1ccc2ccccc2c1)NN=Cc1ccc(OC(=O)c2ccc(Br)cc2)cc1. The number of amides is 1. The molecule has 0 saturated heterocycles. The molecule has 4 aromatic rings. The quantitative estimate of drug-likeness (QED) is 0.160. The lowest BCUT2D eigenvalue weighted by Crippen LogP contribution is -2.24. The Balaban J connectivity index is 1.25. The van der Waals surface area contributed by atoms with E-state index in [-0.39, 0.29) is 12.5 Å². The van der Waals surface area contributed by atoms with E-state index in [2.05, 4.69) is 26.5 Å². The van der Waals surface area contributed by atoms with E-state index in [0.29, 0.717) is 17.1 Å². The minimum Gasteiger partial charge on any atom is -0.484 e. The maximum Gasteiger partial charge on any atom is 0.343 e. The Morgan fingerprint density at radius 1 is 0.848 bits per heavy atom. The Kier molecular flexibility index (Phi) is 7.12. The molecule has 6 nitrogen and oxygen atoms in total. The number of hydrazone groups is 1. The molecule has 1 amide bonds. The van der Waals surface area contributed by atoms with Crippen molar-refractivity contribution in [2.24, 2.45) is 5.10 Å². The number of nitrogens with zero attached hydrogens (tertiary/aromatic N) is 1. The highest BCUT2D eigenvalue weighted by Gasteiger charge is 2.08. The predicted molar refractivity (Wildman–Crippen MR) is 131 cm³/mol. The van der Waals surface area contributed by atoms with Crippen molar-refractivity contribution in [2.75, 3.05) is 6.61 Å². The van der Waals surface area contributed by atoms with Gasteiger partial charge in [0.1, 0.15) is 11.5 Å². The van der Waals surface area contributed by atoms with Gasteiger partial charge in [0.15, 0.2) is 6.61 Å². The van der Waals surface area contributed by atoms with Gasteiger partial charge in [-0.05, 0) is 77.0 Å². The van der Waals surface area contributed by atoms with Crippen molar-refractivity contribution in [1.82, 2.24) is 5.43 Å². The fraction of sp³-hybridized carbons (Fsp3) is 0.0385. The summed E-state index contributed by atoms with van der Waals surface area (Å²) in [5.74, 6) is 0.205. The number of nitrogens with one attached hydrogen (secondary N) is 1. The molecule has 0 radical (unpaired) electrons. The highest BCUT2D eigenvalue weighted by atomic mass is 79.9. The number of ether oxygens (including phenoxy) is 2. The summed E-state index contributed by atoms with van der Waals surface area (Å²) in [7, 11) is 0. The monoisotopic (exact) mass is 502 g/mol. The summed E-state index contributed by atoms with van der Waals surface area (Å²) < 4.78 is 11.8. The molecule has 0 unspecified atom stereocenters. The maximum absolute atomic E-state index is 12.2. The van der Waals surface area contributed by atoms with Crippen LogP contribution >= 0.6 is 15.9 Å². The third-order valence-electron chi connectivity index (χ3n) is 4.66. The molecule has 0 heterocycles. The Hall–Kier alpha value is -3.97. The molecule has 0 aliphatic heterocycles. The lowest BCUT2D eigenvalue weighted by atomic mass is 10.1. The number of hydrogen-bond acceptors (Lipinski definition) is 5. The van der Waals surface area contributed by atoms with Crippen LogP contribution in [0.15, 0.2) is 101 Å². The number of carbonyl (C=O) groups is 2. The van der Waals surface area contributed by atoms with Crippen molar-refractivity contribution in [3.63, 3.8) is 0 Å². The number of rotatable bonds is 7. The molecule has 0 aromatic heterocycles. The van der Waals surface area contributed by atoms with E-state index < -0.39 is 5.97 Å². The highest BCUT2D eigenvalue weighted by molar-refractivity contribution is 9.10. The van der Waals surface area contributed by atoms with Crippen LogP contribution < -0.4 is 14.9 Å². The van der Waals surface area contributed by atoms with E-state index in [1.54, 1.807) is 48.5 Å². The average molecular weight is 503 g/mol. The number of halogens is 1. The second kappa shape index (κ2) is 10.6. The van der Waals surface area contributed by atoms with Crippen LogP contribution in [-0.4, -0.2) is 24.7 Å². The average Bonchev–Trinajstić information content (AvgIpc) is 2.84. The molecule has 33 heavy (non-hydrogen) atoms. The first-order valence-electron chi connectivity index (χ1n) is 10.1. The minimum absolute atomic E-state index is 0.152. The van der Waals surface area contributed by atoms with Gasteiger partial charge in [0, 0.05) is 4.47 Å². The summed E-state index contributed by atoms with van der Waals surface area (Å²) >= 11 is 3.33. The van der Waals surface area contributed by atoms with E-state index >= 15 is 0 Å². The summed E-state index contributed by atoms with van der Waals surface area (Å²) in [6, 6.07) is 27.3. The molecule has 4 aromatic carbocycles. The van der Waals surface area contributed by atoms with Crippen LogP contribution in [-0.2, 0) is 4.79 Å². The van der Waals surface area contributed by atoms with Gasteiger partial charge in [0.05, 0.1) is 11.8 Å². The topological polar surface area (TPSA) is 77.0 Å². The standard InChI is InChI=1S/C26H19BrN2O4/c27-22-10-7-20(8-11-22)26(31)33-23-12-5-18(6-13-23)16-28-29-25(30)17-32-24-14-9-19-3-1-2-4-21(19)15-24/h1-16H,17H2,(H,29,30). The summed E-state index contributed by atoms with van der Waals surface area (Å²) in [4.78, 5) is 24.2. The molecule has 4 rings (SSSR count). The molecule has 0 saturated carbocycles. The molecule has 0 atom stereocenters. The van der Waals surface area contributed by atoms with E-state index in [1.165, 1.54) is 6.21 Å². The molecule has 0 fully saturated rings. The van der Waals surface area contributed by atoms with Gasteiger partial charge in [-0.1, -0.05) is 46.3 Å². The largest absolute Gasteiger partial charge is 0.484 e. The van der Waals surface area contributed by atoms with Crippen LogP contribution in [0.4, 0.5) is 0 Å². The lowest BCUT2D eigenvalue weighted by Gasteiger charge is -2.06.